The molecule has 7 heteroatoms. The Morgan fingerprint density at radius 3 is 2.63 bits per heavy atom. The summed E-state index contributed by atoms with van der Waals surface area (Å²) in [4.78, 5) is 5.85. The molecule has 0 fully saturated rings. The molecular formula is C12H18N4OS2. The van der Waals surface area contributed by atoms with Gasteiger partial charge in [0.15, 0.2) is 5.01 Å². The molecule has 0 saturated heterocycles. The van der Waals surface area contributed by atoms with Crippen molar-refractivity contribution >= 4 is 27.8 Å². The molecule has 0 aromatic carbocycles. The van der Waals surface area contributed by atoms with Gasteiger partial charge in [0, 0.05) is 20.6 Å². The maximum Gasteiger partial charge on any atom is 0.205 e. The summed E-state index contributed by atoms with van der Waals surface area (Å²) in [6.07, 6.45) is 0.846. The Labute approximate surface area is 121 Å². The first kappa shape index (κ1) is 14.4. The first-order valence-electron chi connectivity index (χ1n) is 6.15. The molecule has 0 saturated carbocycles. The second-order valence-corrected chi connectivity index (χ2v) is 6.44. The minimum Gasteiger partial charge on any atom is -0.384 e. The summed E-state index contributed by atoms with van der Waals surface area (Å²) in [5.74, 6) is 0.379. The van der Waals surface area contributed by atoms with Crippen LogP contribution in [0.1, 0.15) is 30.5 Å². The maximum absolute atomic E-state index is 5.11. The van der Waals surface area contributed by atoms with Crippen LogP contribution in [0.15, 0.2) is 0 Å². The van der Waals surface area contributed by atoms with Gasteiger partial charge in [-0.15, -0.1) is 21.5 Å². The second-order valence-electron chi connectivity index (χ2n) is 4.38. The fourth-order valence-corrected chi connectivity index (χ4v) is 3.61. The summed E-state index contributed by atoms with van der Waals surface area (Å²) >= 11 is 3.25. The van der Waals surface area contributed by atoms with Crippen molar-refractivity contribution in [1.82, 2.24) is 15.2 Å². The highest BCUT2D eigenvalue weighted by molar-refractivity contribution is 7.23. The third-order valence-electron chi connectivity index (χ3n) is 2.60. The highest BCUT2D eigenvalue weighted by atomic mass is 32.1. The number of rotatable bonds is 6. The number of ether oxygens (including phenoxy) is 1. The number of nitrogens with zero attached hydrogens (tertiary/aromatic N) is 3. The van der Waals surface area contributed by atoms with Crippen LogP contribution in [0.3, 0.4) is 0 Å². The van der Waals surface area contributed by atoms with Gasteiger partial charge in [0.1, 0.15) is 0 Å². The van der Waals surface area contributed by atoms with E-state index in [-0.39, 0.29) is 0 Å². The lowest BCUT2D eigenvalue weighted by Gasteiger charge is -2.01. The molecule has 5 nitrogen and oxygen atoms in total. The smallest absolute Gasteiger partial charge is 0.205 e. The number of hydrogen-bond acceptors (Lipinski definition) is 7. The van der Waals surface area contributed by atoms with Crippen LogP contribution in [0.5, 0.6) is 0 Å². The lowest BCUT2D eigenvalue weighted by molar-refractivity contribution is 0.202. The summed E-state index contributed by atoms with van der Waals surface area (Å²) in [5.41, 5.74) is 1.11. The Morgan fingerprint density at radius 2 is 2.05 bits per heavy atom. The Hall–Kier alpha value is -1.05. The van der Waals surface area contributed by atoms with Gasteiger partial charge >= 0.3 is 0 Å². The van der Waals surface area contributed by atoms with E-state index < -0.39 is 0 Å². The van der Waals surface area contributed by atoms with Crippen LogP contribution in [0, 0.1) is 0 Å². The first-order valence-corrected chi connectivity index (χ1v) is 7.79. The maximum atomic E-state index is 5.11. The fraction of sp³-hybridized carbons (Fsp3) is 0.583. The van der Waals surface area contributed by atoms with Gasteiger partial charge < -0.3 is 10.1 Å². The van der Waals surface area contributed by atoms with Crippen molar-refractivity contribution in [2.45, 2.75) is 26.2 Å². The van der Waals surface area contributed by atoms with Gasteiger partial charge in [0.05, 0.1) is 22.2 Å². The van der Waals surface area contributed by atoms with Crippen molar-refractivity contribution in [3.8, 4) is 9.88 Å². The standard InChI is InChI=1S/C12H18N4OS2/c1-7(2)9-10(11-15-16-12(13-3)19-11)18-8(14-9)5-6-17-4/h7H,5-6H2,1-4H3,(H,13,16). The van der Waals surface area contributed by atoms with Crippen LogP contribution in [0.2, 0.25) is 0 Å². The summed E-state index contributed by atoms with van der Waals surface area (Å²) in [6, 6.07) is 0. The van der Waals surface area contributed by atoms with E-state index in [0.717, 1.165) is 32.1 Å². The molecule has 1 N–H and O–H groups in total. The van der Waals surface area contributed by atoms with Crippen LogP contribution in [-0.2, 0) is 11.2 Å². The van der Waals surface area contributed by atoms with Gasteiger partial charge in [-0.2, -0.15) is 0 Å². The molecule has 2 aromatic rings. The molecule has 0 unspecified atom stereocenters. The van der Waals surface area contributed by atoms with E-state index in [1.54, 1.807) is 29.8 Å². The molecule has 104 valence electrons. The predicted molar refractivity (Wildman–Crippen MR) is 80.2 cm³/mol. The number of hydrogen-bond donors (Lipinski definition) is 1. The normalized spacial score (nSPS) is 11.2. The molecule has 0 aliphatic rings. The third kappa shape index (κ3) is 3.29. The summed E-state index contributed by atoms with van der Waals surface area (Å²) < 4.78 is 5.11. The minimum atomic E-state index is 0.379. The van der Waals surface area contributed by atoms with Gasteiger partial charge in [-0.3, -0.25) is 0 Å². The lowest BCUT2D eigenvalue weighted by atomic mass is 10.1. The Bertz CT molecular complexity index is 536. The molecule has 19 heavy (non-hydrogen) atoms. The first-order chi connectivity index (χ1) is 9.15. The van der Waals surface area contributed by atoms with Gasteiger partial charge in [-0.05, 0) is 5.92 Å². The van der Waals surface area contributed by atoms with Crippen molar-refractivity contribution < 1.29 is 4.74 Å². The molecule has 0 bridgehead atoms. The quantitative estimate of drug-likeness (QED) is 0.888. The molecule has 2 aromatic heterocycles. The average molecular weight is 298 g/mol. The molecule has 0 amide bonds. The predicted octanol–water partition coefficient (Wildman–Crippen LogP) is 3.02. The average Bonchev–Trinajstić information content (AvgIpc) is 3.02. The van der Waals surface area contributed by atoms with Crippen molar-refractivity contribution in [2.24, 2.45) is 0 Å². The van der Waals surface area contributed by atoms with Crippen LogP contribution >= 0.6 is 22.7 Å². The Morgan fingerprint density at radius 1 is 1.26 bits per heavy atom. The number of methoxy groups -OCH3 is 1. The van der Waals surface area contributed by atoms with Crippen molar-refractivity contribution in [3.63, 3.8) is 0 Å². The molecule has 0 atom stereocenters. The van der Waals surface area contributed by atoms with Gasteiger partial charge in [-0.1, -0.05) is 25.2 Å². The Balaban J connectivity index is 2.34. The van der Waals surface area contributed by atoms with Crippen LogP contribution in [0.4, 0.5) is 5.13 Å². The van der Waals surface area contributed by atoms with Crippen LogP contribution < -0.4 is 5.32 Å². The van der Waals surface area contributed by atoms with Crippen LogP contribution in [0.25, 0.3) is 9.88 Å². The third-order valence-corrected chi connectivity index (χ3v) is 4.82. The van der Waals surface area contributed by atoms with E-state index in [2.05, 4.69) is 29.4 Å². The molecule has 0 radical (unpaired) electrons. The fourth-order valence-electron chi connectivity index (χ4n) is 1.63. The summed E-state index contributed by atoms with van der Waals surface area (Å²) in [5, 5.41) is 14.2. The molecular weight excluding hydrogens is 280 g/mol. The lowest BCUT2D eigenvalue weighted by Crippen LogP contribution is -1.95. The zero-order valence-electron chi connectivity index (χ0n) is 11.6. The highest BCUT2D eigenvalue weighted by Crippen LogP contribution is 2.37. The summed E-state index contributed by atoms with van der Waals surface area (Å²) in [6.45, 7) is 5.00. The topological polar surface area (TPSA) is 59.9 Å². The van der Waals surface area contributed by atoms with Gasteiger partial charge in [0.25, 0.3) is 0 Å². The van der Waals surface area contributed by atoms with E-state index in [0.29, 0.717) is 12.5 Å². The number of aromatic nitrogens is 3. The van der Waals surface area contributed by atoms with Crippen molar-refractivity contribution in [3.05, 3.63) is 10.7 Å². The number of nitrogens with one attached hydrogen (secondary N) is 1. The number of anilines is 1. The zero-order chi connectivity index (χ0) is 13.8. The largest absolute Gasteiger partial charge is 0.384 e. The van der Waals surface area contributed by atoms with E-state index in [1.807, 2.05) is 7.05 Å². The molecule has 0 aliphatic carbocycles. The van der Waals surface area contributed by atoms with E-state index >= 15 is 0 Å². The summed E-state index contributed by atoms with van der Waals surface area (Å²) in [7, 11) is 3.56. The molecule has 0 spiro atoms. The van der Waals surface area contributed by atoms with Crippen LogP contribution in [-0.4, -0.2) is 35.9 Å². The second kappa shape index (κ2) is 6.40. The SMILES string of the molecule is CNc1nnc(-c2sc(CCOC)nc2C(C)C)s1. The van der Waals surface area contributed by atoms with Crippen molar-refractivity contribution in [1.29, 1.82) is 0 Å². The van der Waals surface area contributed by atoms with E-state index in [1.165, 1.54) is 0 Å². The van der Waals surface area contributed by atoms with Crippen molar-refractivity contribution in [2.75, 3.05) is 26.1 Å². The van der Waals surface area contributed by atoms with Gasteiger partial charge in [0.2, 0.25) is 5.13 Å². The monoisotopic (exact) mass is 298 g/mol. The minimum absolute atomic E-state index is 0.379. The highest BCUT2D eigenvalue weighted by Gasteiger charge is 2.19. The Kier molecular flexibility index (Phi) is 4.84. The molecule has 0 aliphatic heterocycles. The molecule has 2 heterocycles. The molecule has 2 rings (SSSR count). The number of thiazole rings is 1. The zero-order valence-corrected chi connectivity index (χ0v) is 13.2. The van der Waals surface area contributed by atoms with Gasteiger partial charge in [-0.25, -0.2) is 4.98 Å². The van der Waals surface area contributed by atoms with E-state index in [4.69, 9.17) is 9.72 Å². The van der Waals surface area contributed by atoms with E-state index in [9.17, 15) is 0 Å².